The lowest BCUT2D eigenvalue weighted by Crippen LogP contribution is -1.99. The van der Waals surface area contributed by atoms with Gasteiger partial charge in [-0.3, -0.25) is 0 Å². The Morgan fingerprint density at radius 2 is 1.74 bits per heavy atom. The molecule has 0 aliphatic carbocycles. The molecule has 0 amide bonds. The number of rotatable bonds is 4. The van der Waals surface area contributed by atoms with Gasteiger partial charge >= 0.3 is 5.97 Å². The molecule has 0 aromatic heterocycles. The van der Waals surface area contributed by atoms with Gasteiger partial charge in [0.15, 0.2) is 0 Å². The van der Waals surface area contributed by atoms with Crippen molar-refractivity contribution in [3.63, 3.8) is 0 Å². The normalized spacial score (nSPS) is 10.2. The molecule has 0 aliphatic heterocycles. The Balaban J connectivity index is 2.18. The van der Waals surface area contributed by atoms with Gasteiger partial charge in [-0.05, 0) is 61.2 Å². The monoisotopic (exact) mass is 274 g/mol. The van der Waals surface area contributed by atoms with Gasteiger partial charge in [-0.25, -0.2) is 4.79 Å². The fourth-order valence-electron chi connectivity index (χ4n) is 1.72. The van der Waals surface area contributed by atoms with E-state index in [4.69, 9.17) is 9.84 Å². The molecule has 0 saturated heterocycles. The summed E-state index contributed by atoms with van der Waals surface area (Å²) in [5.41, 5.74) is 0.982. The molecule has 2 aromatic carbocycles. The van der Waals surface area contributed by atoms with Gasteiger partial charge in [-0.15, -0.1) is 11.8 Å². The molecule has 0 atom stereocenters. The van der Waals surface area contributed by atoms with E-state index in [1.165, 1.54) is 4.90 Å². The van der Waals surface area contributed by atoms with Gasteiger partial charge in [0.25, 0.3) is 0 Å². The Labute approximate surface area is 116 Å². The fourth-order valence-corrected chi connectivity index (χ4v) is 2.13. The Morgan fingerprint density at radius 1 is 1.11 bits per heavy atom. The van der Waals surface area contributed by atoms with Gasteiger partial charge in [-0.2, -0.15) is 0 Å². The molecule has 0 saturated carbocycles. The van der Waals surface area contributed by atoms with Crippen molar-refractivity contribution < 1.29 is 14.6 Å². The average Bonchev–Trinajstić information content (AvgIpc) is 2.39. The topological polar surface area (TPSA) is 46.5 Å². The molecule has 0 bridgehead atoms. The number of hydrogen-bond donors (Lipinski definition) is 1. The smallest absolute Gasteiger partial charge is 0.335 e. The molecule has 98 valence electrons. The molecule has 2 aromatic rings. The van der Waals surface area contributed by atoms with Gasteiger partial charge in [0.1, 0.15) is 11.5 Å². The van der Waals surface area contributed by atoms with Crippen molar-refractivity contribution in [2.45, 2.75) is 11.8 Å². The van der Waals surface area contributed by atoms with Crippen LogP contribution >= 0.6 is 11.8 Å². The van der Waals surface area contributed by atoms with Crippen LogP contribution in [0.3, 0.4) is 0 Å². The van der Waals surface area contributed by atoms with Gasteiger partial charge < -0.3 is 9.84 Å². The van der Waals surface area contributed by atoms with Gasteiger partial charge in [0.2, 0.25) is 0 Å². The van der Waals surface area contributed by atoms with E-state index in [0.717, 1.165) is 5.75 Å². The molecule has 1 N–H and O–H groups in total. The number of ether oxygens (including phenoxy) is 1. The van der Waals surface area contributed by atoms with Crippen LogP contribution in [0.5, 0.6) is 11.5 Å². The van der Waals surface area contributed by atoms with Crippen LogP contribution in [0, 0.1) is 6.92 Å². The van der Waals surface area contributed by atoms with Crippen LogP contribution in [0.1, 0.15) is 15.9 Å². The van der Waals surface area contributed by atoms with Crippen molar-refractivity contribution in [1.82, 2.24) is 0 Å². The third-order valence-electron chi connectivity index (χ3n) is 2.72. The SMILES string of the molecule is CSc1ccc(Oc2ccc(C(=O)O)c(C)c2)cc1. The van der Waals surface area contributed by atoms with E-state index in [-0.39, 0.29) is 0 Å². The van der Waals surface area contributed by atoms with Crippen molar-refractivity contribution in [2.75, 3.05) is 6.26 Å². The summed E-state index contributed by atoms with van der Waals surface area (Å²) >= 11 is 1.67. The number of aromatic carboxylic acids is 1. The van der Waals surface area contributed by atoms with Crippen molar-refractivity contribution >= 4 is 17.7 Å². The summed E-state index contributed by atoms with van der Waals surface area (Å²) < 4.78 is 5.69. The molecule has 2 rings (SSSR count). The fraction of sp³-hybridized carbons (Fsp3) is 0.133. The van der Waals surface area contributed by atoms with E-state index in [1.807, 2.05) is 30.5 Å². The van der Waals surface area contributed by atoms with E-state index in [9.17, 15) is 4.79 Å². The molecule has 4 heteroatoms. The van der Waals surface area contributed by atoms with E-state index in [0.29, 0.717) is 16.9 Å². The number of carboxylic acid groups (broad SMARTS) is 1. The third kappa shape index (κ3) is 3.29. The Bertz CT molecular complexity index is 591. The van der Waals surface area contributed by atoms with Crippen LogP contribution in [0.4, 0.5) is 0 Å². The minimum Gasteiger partial charge on any atom is -0.478 e. The van der Waals surface area contributed by atoms with Crippen LogP contribution in [-0.4, -0.2) is 17.3 Å². The summed E-state index contributed by atoms with van der Waals surface area (Å²) in [6.45, 7) is 1.76. The number of carbonyl (C=O) groups is 1. The molecule has 19 heavy (non-hydrogen) atoms. The molecule has 0 heterocycles. The molecule has 0 spiro atoms. The number of thioether (sulfide) groups is 1. The van der Waals surface area contributed by atoms with Crippen molar-refractivity contribution in [1.29, 1.82) is 0 Å². The quantitative estimate of drug-likeness (QED) is 0.848. The highest BCUT2D eigenvalue weighted by Crippen LogP contribution is 2.25. The first-order valence-corrected chi connectivity index (χ1v) is 6.98. The van der Waals surface area contributed by atoms with Crippen LogP contribution in [0.2, 0.25) is 0 Å². The lowest BCUT2D eigenvalue weighted by atomic mass is 10.1. The summed E-state index contributed by atoms with van der Waals surface area (Å²) in [6, 6.07) is 12.7. The highest BCUT2D eigenvalue weighted by Gasteiger charge is 2.08. The first-order valence-electron chi connectivity index (χ1n) is 5.76. The van der Waals surface area contributed by atoms with E-state index < -0.39 is 5.97 Å². The van der Waals surface area contributed by atoms with Crippen molar-refractivity contribution in [2.24, 2.45) is 0 Å². The number of benzene rings is 2. The molecule has 0 radical (unpaired) electrons. The lowest BCUT2D eigenvalue weighted by Gasteiger charge is -2.08. The first-order chi connectivity index (χ1) is 9.10. The maximum atomic E-state index is 10.9. The zero-order valence-electron chi connectivity index (χ0n) is 10.7. The first kappa shape index (κ1) is 13.5. The molecular weight excluding hydrogens is 260 g/mol. The maximum absolute atomic E-state index is 10.9. The molecule has 0 fully saturated rings. The Kier molecular flexibility index (Phi) is 4.12. The van der Waals surface area contributed by atoms with Crippen LogP contribution in [0.25, 0.3) is 0 Å². The predicted octanol–water partition coefficient (Wildman–Crippen LogP) is 4.21. The third-order valence-corrected chi connectivity index (χ3v) is 3.47. The van der Waals surface area contributed by atoms with Gasteiger partial charge in [0.05, 0.1) is 5.56 Å². The van der Waals surface area contributed by atoms with Crippen LogP contribution in [0.15, 0.2) is 47.4 Å². The lowest BCUT2D eigenvalue weighted by molar-refractivity contribution is 0.0696. The predicted molar refractivity (Wildman–Crippen MR) is 76.4 cm³/mol. The summed E-state index contributed by atoms with van der Waals surface area (Å²) in [6.07, 6.45) is 2.02. The zero-order valence-corrected chi connectivity index (χ0v) is 11.5. The molecule has 0 unspecified atom stereocenters. The largest absolute Gasteiger partial charge is 0.478 e. The standard InChI is InChI=1S/C15H14O3S/c1-10-9-12(5-8-14(10)15(16)17)18-11-3-6-13(19-2)7-4-11/h3-9H,1-2H3,(H,16,17). The van der Waals surface area contributed by atoms with Gasteiger partial charge in [-0.1, -0.05) is 0 Å². The van der Waals surface area contributed by atoms with E-state index >= 15 is 0 Å². The highest BCUT2D eigenvalue weighted by atomic mass is 32.2. The van der Waals surface area contributed by atoms with Gasteiger partial charge in [0, 0.05) is 4.90 Å². The minimum absolute atomic E-state index is 0.296. The zero-order chi connectivity index (χ0) is 13.8. The second-order valence-corrected chi connectivity index (χ2v) is 4.94. The average molecular weight is 274 g/mol. The van der Waals surface area contributed by atoms with E-state index in [1.54, 1.807) is 36.9 Å². The minimum atomic E-state index is -0.923. The summed E-state index contributed by atoms with van der Waals surface area (Å²) in [7, 11) is 0. The number of carboxylic acids is 1. The van der Waals surface area contributed by atoms with Crippen molar-refractivity contribution in [3.05, 3.63) is 53.6 Å². The summed E-state index contributed by atoms with van der Waals surface area (Å²) in [4.78, 5) is 12.1. The van der Waals surface area contributed by atoms with Crippen LogP contribution in [-0.2, 0) is 0 Å². The Morgan fingerprint density at radius 3 is 2.26 bits per heavy atom. The summed E-state index contributed by atoms with van der Waals surface area (Å²) in [5, 5.41) is 8.96. The van der Waals surface area contributed by atoms with Crippen LogP contribution < -0.4 is 4.74 Å². The highest BCUT2D eigenvalue weighted by molar-refractivity contribution is 7.98. The maximum Gasteiger partial charge on any atom is 0.335 e. The van der Waals surface area contributed by atoms with Crippen molar-refractivity contribution in [3.8, 4) is 11.5 Å². The molecule has 3 nitrogen and oxygen atoms in total. The number of aryl methyl sites for hydroxylation is 1. The molecule has 0 aliphatic rings. The molecular formula is C15H14O3S. The second kappa shape index (κ2) is 5.80. The number of hydrogen-bond acceptors (Lipinski definition) is 3. The Hall–Kier alpha value is -1.94. The second-order valence-electron chi connectivity index (χ2n) is 4.06. The summed E-state index contributed by atoms with van der Waals surface area (Å²) in [5.74, 6) is 0.452. The van der Waals surface area contributed by atoms with E-state index in [2.05, 4.69) is 0 Å².